The molecule has 0 saturated carbocycles. The van der Waals surface area contributed by atoms with Gasteiger partial charge in [-0.25, -0.2) is 0 Å². The highest BCUT2D eigenvalue weighted by Crippen LogP contribution is 2.51. The maximum absolute atomic E-state index is 6.48. The topological polar surface area (TPSA) is 16.4 Å². The first kappa shape index (κ1) is 30.0. The minimum absolute atomic E-state index is 0.908. The van der Waals surface area contributed by atoms with Crippen LogP contribution in [-0.2, 0) is 0 Å². The summed E-state index contributed by atoms with van der Waals surface area (Å²) in [7, 11) is 0. The average Bonchev–Trinajstić information content (AvgIpc) is 3.81. The van der Waals surface area contributed by atoms with Crippen LogP contribution in [0.15, 0.2) is 192 Å². The molecule has 2 nitrogen and oxygen atoms in total. The lowest BCUT2D eigenvalue weighted by Gasteiger charge is -2.30. The minimum Gasteiger partial charge on any atom is -0.455 e. The van der Waals surface area contributed by atoms with Gasteiger partial charge in [-0.15, -0.1) is 11.3 Å². The Labute approximate surface area is 310 Å². The lowest BCUT2D eigenvalue weighted by atomic mass is 9.96. The van der Waals surface area contributed by atoms with Gasteiger partial charge >= 0.3 is 0 Å². The van der Waals surface area contributed by atoms with Crippen molar-refractivity contribution in [2.24, 2.45) is 0 Å². The number of benzene rings is 9. The third kappa shape index (κ3) is 4.71. The molecule has 0 aliphatic heterocycles. The fraction of sp³-hybridized carbons (Fsp3) is 0. The quantitative estimate of drug-likeness (QED) is 0.167. The molecule has 0 N–H and O–H groups in total. The molecule has 0 aliphatic carbocycles. The molecule has 9 aromatic carbocycles. The van der Waals surface area contributed by atoms with E-state index in [9.17, 15) is 0 Å². The Morgan fingerprint density at radius 3 is 1.92 bits per heavy atom. The zero-order chi connectivity index (χ0) is 34.9. The normalized spacial score (nSPS) is 11.8. The second-order valence-electron chi connectivity index (χ2n) is 13.6. The fourth-order valence-electron chi connectivity index (χ4n) is 8.22. The van der Waals surface area contributed by atoms with Crippen LogP contribution in [0.2, 0.25) is 0 Å². The van der Waals surface area contributed by atoms with Crippen molar-refractivity contribution in [1.29, 1.82) is 0 Å². The number of fused-ring (bicyclic) bond motifs is 9. The van der Waals surface area contributed by atoms with Crippen LogP contribution in [0.1, 0.15) is 0 Å². The monoisotopic (exact) mass is 693 g/mol. The molecule has 3 heteroatoms. The Kier molecular flexibility index (Phi) is 6.76. The second kappa shape index (κ2) is 11.9. The highest BCUT2D eigenvalue weighted by Gasteiger charge is 2.25. The van der Waals surface area contributed by atoms with Crippen LogP contribution in [-0.4, -0.2) is 0 Å². The molecule has 0 spiro atoms. The van der Waals surface area contributed by atoms with Gasteiger partial charge in [0.25, 0.3) is 0 Å². The van der Waals surface area contributed by atoms with Gasteiger partial charge in [-0.05, 0) is 57.6 Å². The van der Waals surface area contributed by atoms with Crippen molar-refractivity contribution in [3.63, 3.8) is 0 Å². The maximum Gasteiger partial charge on any atom is 0.143 e. The molecule has 53 heavy (non-hydrogen) atoms. The third-order valence-electron chi connectivity index (χ3n) is 10.7. The van der Waals surface area contributed by atoms with Gasteiger partial charge in [-0.1, -0.05) is 158 Å². The van der Waals surface area contributed by atoms with Crippen LogP contribution in [0.25, 0.3) is 85.9 Å². The first-order valence-electron chi connectivity index (χ1n) is 18.0. The van der Waals surface area contributed by atoms with E-state index in [2.05, 4.69) is 181 Å². The molecule has 0 atom stereocenters. The molecule has 0 bridgehead atoms. The summed E-state index contributed by atoms with van der Waals surface area (Å²) in [6, 6.07) is 68.0. The van der Waals surface area contributed by atoms with Gasteiger partial charge in [0.2, 0.25) is 0 Å². The van der Waals surface area contributed by atoms with Gasteiger partial charge in [0.1, 0.15) is 11.2 Å². The smallest absolute Gasteiger partial charge is 0.143 e. The molecule has 2 heterocycles. The van der Waals surface area contributed by atoms with Crippen molar-refractivity contribution in [2.45, 2.75) is 0 Å². The van der Waals surface area contributed by atoms with Gasteiger partial charge in [0.05, 0.1) is 16.1 Å². The van der Waals surface area contributed by atoms with Crippen LogP contribution < -0.4 is 4.90 Å². The molecule has 0 amide bonds. The largest absolute Gasteiger partial charge is 0.455 e. The number of anilines is 3. The van der Waals surface area contributed by atoms with E-state index in [4.69, 9.17) is 4.42 Å². The number of para-hydroxylation sites is 2. The summed E-state index contributed by atoms with van der Waals surface area (Å²) in [5.74, 6) is 0. The van der Waals surface area contributed by atoms with Crippen LogP contribution in [0.4, 0.5) is 17.1 Å². The van der Waals surface area contributed by atoms with E-state index in [1.807, 2.05) is 23.5 Å². The molecule has 2 aromatic heterocycles. The predicted octanol–water partition coefficient (Wildman–Crippen LogP) is 15.1. The van der Waals surface area contributed by atoms with Crippen molar-refractivity contribution >= 4 is 92.1 Å². The predicted molar refractivity (Wildman–Crippen MR) is 227 cm³/mol. The maximum atomic E-state index is 6.48. The van der Waals surface area contributed by atoms with E-state index >= 15 is 0 Å². The molecule has 248 valence electrons. The summed E-state index contributed by atoms with van der Waals surface area (Å²) >= 11 is 1.87. The Morgan fingerprint density at radius 1 is 0.415 bits per heavy atom. The molecular formula is C50H31NOS. The van der Waals surface area contributed by atoms with Gasteiger partial charge < -0.3 is 9.32 Å². The SMILES string of the molecule is c1ccc(-c2ccc3c(sc4ccccc43)c2N(c2ccc(-c3cccc4c3oc3ccccc34)cc2)c2cc3ccccc3c3ccccc23)cc1. The highest BCUT2D eigenvalue weighted by molar-refractivity contribution is 7.26. The summed E-state index contributed by atoms with van der Waals surface area (Å²) in [6.45, 7) is 0. The number of rotatable bonds is 5. The number of thiophene rings is 1. The Bertz CT molecular complexity index is 3170. The van der Waals surface area contributed by atoms with Crippen LogP contribution >= 0.6 is 11.3 Å². The van der Waals surface area contributed by atoms with Crippen molar-refractivity contribution in [1.82, 2.24) is 0 Å². The Balaban J connectivity index is 1.22. The number of furan rings is 1. The van der Waals surface area contributed by atoms with Crippen molar-refractivity contribution in [3.8, 4) is 22.3 Å². The number of hydrogen-bond donors (Lipinski definition) is 0. The van der Waals surface area contributed by atoms with Crippen LogP contribution in [0.3, 0.4) is 0 Å². The lowest BCUT2D eigenvalue weighted by Crippen LogP contribution is -2.12. The van der Waals surface area contributed by atoms with Gasteiger partial charge in [-0.3, -0.25) is 0 Å². The lowest BCUT2D eigenvalue weighted by molar-refractivity contribution is 0.670. The minimum atomic E-state index is 0.908. The van der Waals surface area contributed by atoms with Crippen LogP contribution in [0.5, 0.6) is 0 Å². The first-order chi connectivity index (χ1) is 26.3. The van der Waals surface area contributed by atoms with E-state index in [-0.39, 0.29) is 0 Å². The average molecular weight is 694 g/mol. The highest BCUT2D eigenvalue weighted by atomic mass is 32.1. The first-order valence-corrected chi connectivity index (χ1v) is 18.8. The molecule has 11 rings (SSSR count). The van der Waals surface area contributed by atoms with Gasteiger partial charge in [0.15, 0.2) is 0 Å². The summed E-state index contributed by atoms with van der Waals surface area (Å²) in [5.41, 5.74) is 9.83. The summed E-state index contributed by atoms with van der Waals surface area (Å²) in [5, 5.41) is 9.74. The zero-order valence-electron chi connectivity index (χ0n) is 28.7. The summed E-state index contributed by atoms with van der Waals surface area (Å²) in [4.78, 5) is 2.51. The van der Waals surface area contributed by atoms with E-state index in [0.717, 1.165) is 44.4 Å². The van der Waals surface area contributed by atoms with E-state index in [1.54, 1.807) is 0 Å². The van der Waals surface area contributed by atoms with Gasteiger partial charge in [0, 0.05) is 48.4 Å². The Morgan fingerprint density at radius 2 is 1.08 bits per heavy atom. The van der Waals surface area contributed by atoms with Gasteiger partial charge in [-0.2, -0.15) is 0 Å². The number of nitrogens with zero attached hydrogens (tertiary/aromatic N) is 1. The molecular weight excluding hydrogens is 663 g/mol. The second-order valence-corrected chi connectivity index (χ2v) is 14.7. The standard InChI is InChI=1S/C50H31NOS/c1-2-13-32(14-3-1)37-29-30-44-42-20-9-11-24-47(42)53-50(44)48(37)51(45-31-34-15-4-5-16-36(34)39-17-6-7-18-40(39)45)35-27-25-33(26-28-35)38-21-12-22-43-41-19-8-10-23-46(41)52-49(38)43/h1-31H. The molecule has 0 saturated heterocycles. The van der Waals surface area contributed by atoms with E-state index < -0.39 is 0 Å². The molecule has 11 aromatic rings. The Hall–Kier alpha value is -6.68. The van der Waals surface area contributed by atoms with E-state index in [1.165, 1.54) is 58.5 Å². The molecule has 0 aliphatic rings. The van der Waals surface area contributed by atoms with E-state index in [0.29, 0.717) is 0 Å². The molecule has 0 fully saturated rings. The van der Waals surface area contributed by atoms with Crippen LogP contribution in [0, 0.1) is 0 Å². The van der Waals surface area contributed by atoms with Crippen molar-refractivity contribution in [2.75, 3.05) is 4.90 Å². The van der Waals surface area contributed by atoms with Crippen molar-refractivity contribution in [3.05, 3.63) is 188 Å². The summed E-state index contributed by atoms with van der Waals surface area (Å²) in [6.07, 6.45) is 0. The zero-order valence-corrected chi connectivity index (χ0v) is 29.5. The number of hydrogen-bond acceptors (Lipinski definition) is 3. The molecule has 0 unspecified atom stereocenters. The summed E-state index contributed by atoms with van der Waals surface area (Å²) < 4.78 is 9.02. The molecule has 0 radical (unpaired) electrons. The van der Waals surface area contributed by atoms with Crippen molar-refractivity contribution < 1.29 is 4.42 Å². The third-order valence-corrected chi connectivity index (χ3v) is 11.9. The fourth-order valence-corrected chi connectivity index (χ4v) is 9.46.